The standard InChI is InChI=1S/C14H19NO3/c1-10-7-15(9-14(10,2)18)8-11-5-3-4-6-12(11)13(16)17/h3-6,10,18H,7-9H2,1-2H3,(H,16,17)/t10-,14+/m1/s1. The van der Waals surface area contributed by atoms with Gasteiger partial charge in [-0.3, -0.25) is 4.90 Å². The molecule has 0 unspecified atom stereocenters. The lowest BCUT2D eigenvalue weighted by molar-refractivity contribution is 0.0364. The number of carboxylic acids is 1. The summed E-state index contributed by atoms with van der Waals surface area (Å²) in [6.07, 6.45) is 0. The molecule has 1 aromatic carbocycles. The van der Waals surface area contributed by atoms with Crippen LogP contribution in [0.4, 0.5) is 0 Å². The van der Waals surface area contributed by atoms with Gasteiger partial charge in [0.1, 0.15) is 0 Å². The molecule has 98 valence electrons. The third-order valence-corrected chi connectivity index (χ3v) is 3.78. The molecule has 1 heterocycles. The van der Waals surface area contributed by atoms with E-state index < -0.39 is 11.6 Å². The summed E-state index contributed by atoms with van der Waals surface area (Å²) in [5.74, 6) is -0.695. The number of aromatic carboxylic acids is 1. The summed E-state index contributed by atoms with van der Waals surface area (Å²) >= 11 is 0. The van der Waals surface area contributed by atoms with Crippen molar-refractivity contribution >= 4 is 5.97 Å². The van der Waals surface area contributed by atoms with Crippen molar-refractivity contribution in [3.05, 3.63) is 35.4 Å². The molecule has 4 heteroatoms. The third-order valence-electron chi connectivity index (χ3n) is 3.78. The molecule has 1 fully saturated rings. The molecule has 0 radical (unpaired) electrons. The van der Waals surface area contributed by atoms with Crippen LogP contribution in [0.2, 0.25) is 0 Å². The van der Waals surface area contributed by atoms with Gasteiger partial charge in [0.15, 0.2) is 0 Å². The van der Waals surface area contributed by atoms with Crippen LogP contribution >= 0.6 is 0 Å². The maximum absolute atomic E-state index is 11.1. The molecule has 0 saturated carbocycles. The second-order valence-corrected chi connectivity index (χ2v) is 5.39. The van der Waals surface area contributed by atoms with Gasteiger partial charge in [0.2, 0.25) is 0 Å². The molecule has 0 amide bonds. The van der Waals surface area contributed by atoms with Crippen LogP contribution in [0, 0.1) is 5.92 Å². The number of carbonyl (C=O) groups is 1. The van der Waals surface area contributed by atoms with Crippen LogP contribution in [0.1, 0.15) is 29.8 Å². The lowest BCUT2D eigenvalue weighted by Gasteiger charge is -2.21. The number of carboxylic acid groups (broad SMARTS) is 1. The van der Waals surface area contributed by atoms with Crippen molar-refractivity contribution in [1.29, 1.82) is 0 Å². The Labute approximate surface area is 107 Å². The second-order valence-electron chi connectivity index (χ2n) is 5.39. The highest BCUT2D eigenvalue weighted by atomic mass is 16.4. The smallest absolute Gasteiger partial charge is 0.336 e. The van der Waals surface area contributed by atoms with E-state index in [1.165, 1.54) is 0 Å². The zero-order chi connectivity index (χ0) is 13.3. The molecule has 2 rings (SSSR count). The molecule has 0 aromatic heterocycles. The first-order chi connectivity index (χ1) is 8.40. The molecule has 1 aliphatic heterocycles. The average molecular weight is 249 g/mol. The summed E-state index contributed by atoms with van der Waals surface area (Å²) in [6, 6.07) is 7.03. The molecule has 1 aromatic rings. The first-order valence-electron chi connectivity index (χ1n) is 6.16. The number of hydrogen-bond donors (Lipinski definition) is 2. The highest BCUT2D eigenvalue weighted by Crippen LogP contribution is 2.28. The van der Waals surface area contributed by atoms with E-state index >= 15 is 0 Å². The van der Waals surface area contributed by atoms with Gasteiger partial charge in [-0.15, -0.1) is 0 Å². The van der Waals surface area contributed by atoms with E-state index in [9.17, 15) is 9.90 Å². The zero-order valence-corrected chi connectivity index (χ0v) is 10.8. The Morgan fingerprint density at radius 1 is 1.50 bits per heavy atom. The van der Waals surface area contributed by atoms with Gasteiger partial charge >= 0.3 is 5.97 Å². The van der Waals surface area contributed by atoms with E-state index in [-0.39, 0.29) is 5.92 Å². The van der Waals surface area contributed by atoms with Crippen molar-refractivity contribution in [2.45, 2.75) is 26.0 Å². The average Bonchev–Trinajstić information content (AvgIpc) is 2.52. The summed E-state index contributed by atoms with van der Waals surface area (Å²) in [5, 5.41) is 19.3. The molecule has 0 aliphatic carbocycles. The Balaban J connectivity index is 2.14. The lowest BCUT2D eigenvalue weighted by Crippen LogP contribution is -2.33. The van der Waals surface area contributed by atoms with E-state index in [1.807, 2.05) is 26.0 Å². The van der Waals surface area contributed by atoms with Gasteiger partial charge in [-0.1, -0.05) is 25.1 Å². The van der Waals surface area contributed by atoms with Crippen molar-refractivity contribution in [2.24, 2.45) is 5.92 Å². The van der Waals surface area contributed by atoms with E-state index in [1.54, 1.807) is 12.1 Å². The quantitative estimate of drug-likeness (QED) is 0.854. The van der Waals surface area contributed by atoms with E-state index in [4.69, 9.17) is 5.11 Å². The maximum Gasteiger partial charge on any atom is 0.336 e. The Kier molecular flexibility index (Phi) is 3.41. The van der Waals surface area contributed by atoms with Gasteiger partial charge in [-0.2, -0.15) is 0 Å². The number of rotatable bonds is 3. The SMILES string of the molecule is C[C@@H]1CN(Cc2ccccc2C(=O)O)C[C@]1(C)O. The number of hydrogen-bond acceptors (Lipinski definition) is 3. The van der Waals surface area contributed by atoms with E-state index in [2.05, 4.69) is 4.90 Å². The molecular formula is C14H19NO3. The van der Waals surface area contributed by atoms with Crippen molar-refractivity contribution in [2.75, 3.05) is 13.1 Å². The van der Waals surface area contributed by atoms with Gasteiger partial charge in [-0.25, -0.2) is 4.79 Å². The fraction of sp³-hybridized carbons (Fsp3) is 0.500. The summed E-state index contributed by atoms with van der Waals surface area (Å²) in [5.41, 5.74) is 0.463. The molecule has 0 bridgehead atoms. The predicted molar refractivity (Wildman–Crippen MR) is 68.5 cm³/mol. The van der Waals surface area contributed by atoms with Crippen LogP contribution in [0.3, 0.4) is 0 Å². The van der Waals surface area contributed by atoms with E-state index in [0.717, 1.165) is 12.1 Å². The minimum absolute atomic E-state index is 0.203. The number of β-amino-alcohol motifs (C(OH)–C–C–N with tert-alkyl or cyclic N) is 1. The number of benzene rings is 1. The third kappa shape index (κ3) is 2.54. The van der Waals surface area contributed by atoms with Gasteiger partial charge in [0, 0.05) is 19.6 Å². The molecule has 0 spiro atoms. The van der Waals surface area contributed by atoms with Crippen LogP contribution in [-0.2, 0) is 6.54 Å². The first kappa shape index (κ1) is 13.1. The highest BCUT2D eigenvalue weighted by molar-refractivity contribution is 5.89. The predicted octanol–water partition coefficient (Wildman–Crippen LogP) is 1.59. The molecule has 4 nitrogen and oxygen atoms in total. The molecule has 1 aliphatic rings. The fourth-order valence-corrected chi connectivity index (χ4v) is 2.49. The molecule has 2 atom stereocenters. The van der Waals surface area contributed by atoms with Gasteiger partial charge < -0.3 is 10.2 Å². The van der Waals surface area contributed by atoms with Crippen molar-refractivity contribution in [1.82, 2.24) is 4.90 Å². The van der Waals surface area contributed by atoms with Gasteiger partial charge in [0.05, 0.1) is 11.2 Å². The van der Waals surface area contributed by atoms with Crippen LogP contribution < -0.4 is 0 Å². The minimum Gasteiger partial charge on any atom is -0.478 e. The second kappa shape index (κ2) is 4.71. The fourth-order valence-electron chi connectivity index (χ4n) is 2.49. The van der Waals surface area contributed by atoms with Crippen molar-refractivity contribution < 1.29 is 15.0 Å². The summed E-state index contributed by atoms with van der Waals surface area (Å²) < 4.78 is 0. The van der Waals surface area contributed by atoms with Crippen LogP contribution in [0.5, 0.6) is 0 Å². The maximum atomic E-state index is 11.1. The number of nitrogens with zero attached hydrogens (tertiary/aromatic N) is 1. The molecule has 2 N–H and O–H groups in total. The first-order valence-corrected chi connectivity index (χ1v) is 6.16. The Morgan fingerprint density at radius 2 is 2.17 bits per heavy atom. The van der Waals surface area contributed by atoms with Crippen LogP contribution in [-0.4, -0.2) is 39.8 Å². The van der Waals surface area contributed by atoms with Gasteiger partial charge in [0.25, 0.3) is 0 Å². The molecule has 1 saturated heterocycles. The largest absolute Gasteiger partial charge is 0.478 e. The molecule has 18 heavy (non-hydrogen) atoms. The zero-order valence-electron chi connectivity index (χ0n) is 10.8. The Bertz CT molecular complexity index is 456. The van der Waals surface area contributed by atoms with Crippen LogP contribution in [0.25, 0.3) is 0 Å². The van der Waals surface area contributed by atoms with Crippen molar-refractivity contribution in [3.8, 4) is 0 Å². The minimum atomic E-state index is -0.899. The monoisotopic (exact) mass is 249 g/mol. The number of likely N-dealkylation sites (tertiary alicyclic amines) is 1. The summed E-state index contributed by atoms with van der Waals surface area (Å²) in [6.45, 7) is 5.80. The molecular weight excluding hydrogens is 230 g/mol. The summed E-state index contributed by atoms with van der Waals surface area (Å²) in [7, 11) is 0. The van der Waals surface area contributed by atoms with Crippen LogP contribution in [0.15, 0.2) is 24.3 Å². The van der Waals surface area contributed by atoms with Crippen molar-refractivity contribution in [3.63, 3.8) is 0 Å². The normalized spacial score (nSPS) is 28.5. The number of aliphatic hydroxyl groups is 1. The van der Waals surface area contributed by atoms with Gasteiger partial charge in [-0.05, 0) is 24.5 Å². The Morgan fingerprint density at radius 3 is 2.72 bits per heavy atom. The summed E-state index contributed by atoms with van der Waals surface area (Å²) in [4.78, 5) is 13.2. The topological polar surface area (TPSA) is 60.8 Å². The Hall–Kier alpha value is -1.39. The lowest BCUT2D eigenvalue weighted by atomic mass is 9.95. The highest BCUT2D eigenvalue weighted by Gasteiger charge is 2.38. The van der Waals surface area contributed by atoms with E-state index in [0.29, 0.717) is 18.7 Å².